The van der Waals surface area contributed by atoms with Crippen LogP contribution in [0.5, 0.6) is 5.75 Å². The Labute approximate surface area is 109 Å². The number of nitrogens with zero attached hydrogens (tertiary/aromatic N) is 1. The molecule has 0 spiro atoms. The Hall–Kier alpha value is -2.07. The summed E-state index contributed by atoms with van der Waals surface area (Å²) in [4.78, 5) is 4.56. The molecule has 0 saturated carbocycles. The largest absolute Gasteiger partial charge is 0.506 e. The number of phenols is 1. The van der Waals surface area contributed by atoms with Gasteiger partial charge >= 0.3 is 0 Å². The predicted molar refractivity (Wildman–Crippen MR) is 75.9 cm³/mol. The average molecular weight is 256 g/mol. The first-order valence-electron chi connectivity index (χ1n) is 5.59. The lowest BCUT2D eigenvalue weighted by atomic mass is 10.2. The summed E-state index contributed by atoms with van der Waals surface area (Å²) in [6, 6.07) is 11.4. The first-order valence-corrected chi connectivity index (χ1v) is 6.41. The number of fused-ring (bicyclic) bond motifs is 1. The smallest absolute Gasteiger partial charge is 0.139 e. The van der Waals surface area contributed by atoms with E-state index in [0.717, 1.165) is 20.8 Å². The third-order valence-corrected chi connectivity index (χ3v) is 3.89. The molecular formula is C14H12N2OS. The van der Waals surface area contributed by atoms with Gasteiger partial charge in [0, 0.05) is 5.56 Å². The number of nitrogens with two attached hydrogens (primary N) is 1. The van der Waals surface area contributed by atoms with Crippen molar-refractivity contribution in [2.24, 2.45) is 0 Å². The highest BCUT2D eigenvalue weighted by Gasteiger charge is 2.08. The van der Waals surface area contributed by atoms with Gasteiger partial charge in [-0.15, -0.1) is 11.3 Å². The number of aromatic nitrogens is 1. The molecule has 0 aliphatic rings. The molecule has 3 rings (SSSR count). The van der Waals surface area contributed by atoms with Crippen molar-refractivity contribution in [3.05, 3.63) is 42.0 Å². The molecular weight excluding hydrogens is 244 g/mol. The molecule has 3 aromatic rings. The van der Waals surface area contributed by atoms with Crippen LogP contribution >= 0.6 is 11.3 Å². The van der Waals surface area contributed by atoms with Gasteiger partial charge in [-0.1, -0.05) is 6.07 Å². The number of thiazole rings is 1. The van der Waals surface area contributed by atoms with Gasteiger partial charge in [-0.25, -0.2) is 4.98 Å². The van der Waals surface area contributed by atoms with E-state index >= 15 is 0 Å². The Morgan fingerprint density at radius 3 is 2.78 bits per heavy atom. The fraction of sp³-hybridized carbons (Fsp3) is 0.0714. The molecule has 3 N–H and O–H groups in total. The maximum absolute atomic E-state index is 9.63. The molecule has 3 nitrogen and oxygen atoms in total. The van der Waals surface area contributed by atoms with E-state index in [2.05, 4.69) is 18.0 Å². The number of nitrogen functional groups attached to an aromatic ring is 1. The second-order valence-electron chi connectivity index (χ2n) is 4.26. The van der Waals surface area contributed by atoms with Gasteiger partial charge < -0.3 is 10.8 Å². The summed E-state index contributed by atoms with van der Waals surface area (Å²) in [5.41, 5.74) is 9.07. The molecule has 1 heterocycles. The highest BCUT2D eigenvalue weighted by molar-refractivity contribution is 7.21. The molecule has 1 aromatic heterocycles. The second kappa shape index (κ2) is 3.99. The van der Waals surface area contributed by atoms with E-state index in [-0.39, 0.29) is 5.75 Å². The van der Waals surface area contributed by atoms with E-state index in [4.69, 9.17) is 5.73 Å². The van der Waals surface area contributed by atoms with Crippen molar-refractivity contribution in [1.29, 1.82) is 0 Å². The molecule has 0 radical (unpaired) electrons. The summed E-state index contributed by atoms with van der Waals surface area (Å²) in [5.74, 6) is 0.0999. The Morgan fingerprint density at radius 1 is 1.17 bits per heavy atom. The fourth-order valence-corrected chi connectivity index (χ4v) is 2.89. The third-order valence-electron chi connectivity index (χ3n) is 2.82. The van der Waals surface area contributed by atoms with E-state index in [9.17, 15) is 5.11 Å². The van der Waals surface area contributed by atoms with E-state index in [1.54, 1.807) is 23.5 Å². The quantitative estimate of drug-likeness (QED) is 0.517. The third kappa shape index (κ3) is 1.80. The number of aromatic hydroxyl groups is 1. The number of anilines is 1. The van der Waals surface area contributed by atoms with Gasteiger partial charge in [-0.2, -0.15) is 0 Å². The lowest BCUT2D eigenvalue weighted by Gasteiger charge is -2.00. The van der Waals surface area contributed by atoms with Crippen LogP contribution in [0.2, 0.25) is 0 Å². The van der Waals surface area contributed by atoms with Crippen molar-refractivity contribution in [2.75, 3.05) is 5.73 Å². The summed E-state index contributed by atoms with van der Waals surface area (Å²) in [6.07, 6.45) is 0. The molecule has 0 amide bonds. The zero-order chi connectivity index (χ0) is 12.7. The van der Waals surface area contributed by atoms with E-state index < -0.39 is 0 Å². The Balaban J connectivity index is 2.16. The second-order valence-corrected chi connectivity index (χ2v) is 5.29. The monoisotopic (exact) mass is 256 g/mol. The molecule has 0 aliphatic carbocycles. The molecule has 2 aromatic carbocycles. The summed E-state index contributed by atoms with van der Waals surface area (Å²) in [6.45, 7) is 2.06. The summed E-state index contributed by atoms with van der Waals surface area (Å²) in [5, 5.41) is 10.5. The first kappa shape index (κ1) is 11.0. The highest BCUT2D eigenvalue weighted by atomic mass is 32.1. The maximum Gasteiger partial charge on any atom is 0.139 e. The minimum atomic E-state index is 0.0999. The van der Waals surface area contributed by atoms with Gasteiger partial charge in [0.1, 0.15) is 10.8 Å². The minimum Gasteiger partial charge on any atom is -0.506 e. The van der Waals surface area contributed by atoms with Crippen molar-refractivity contribution in [1.82, 2.24) is 4.98 Å². The molecule has 0 aliphatic heterocycles. The first-order chi connectivity index (χ1) is 8.63. The molecule has 0 bridgehead atoms. The molecule has 0 fully saturated rings. The Kier molecular flexibility index (Phi) is 2.45. The average Bonchev–Trinajstić information content (AvgIpc) is 2.75. The molecule has 4 heteroatoms. The van der Waals surface area contributed by atoms with Gasteiger partial charge in [0.15, 0.2) is 0 Å². The Bertz CT molecular complexity index is 734. The number of benzene rings is 2. The van der Waals surface area contributed by atoms with Gasteiger partial charge in [-0.05, 0) is 42.8 Å². The van der Waals surface area contributed by atoms with Crippen molar-refractivity contribution in [3.63, 3.8) is 0 Å². The van der Waals surface area contributed by atoms with Crippen LogP contribution in [0.25, 0.3) is 20.8 Å². The number of rotatable bonds is 1. The topological polar surface area (TPSA) is 59.1 Å². The van der Waals surface area contributed by atoms with E-state index in [1.807, 2.05) is 18.2 Å². The van der Waals surface area contributed by atoms with Crippen LogP contribution in [0, 0.1) is 6.92 Å². The van der Waals surface area contributed by atoms with Crippen LogP contribution in [-0.2, 0) is 0 Å². The van der Waals surface area contributed by atoms with Crippen LogP contribution in [0.4, 0.5) is 5.69 Å². The van der Waals surface area contributed by atoms with Crippen molar-refractivity contribution < 1.29 is 5.11 Å². The Morgan fingerprint density at radius 2 is 2.00 bits per heavy atom. The molecule has 90 valence electrons. The van der Waals surface area contributed by atoms with Crippen molar-refractivity contribution in [3.8, 4) is 16.3 Å². The van der Waals surface area contributed by atoms with E-state index in [1.165, 1.54) is 5.56 Å². The van der Waals surface area contributed by atoms with Crippen LogP contribution < -0.4 is 5.73 Å². The molecule has 0 atom stereocenters. The van der Waals surface area contributed by atoms with Crippen LogP contribution in [0.3, 0.4) is 0 Å². The normalized spacial score (nSPS) is 10.9. The molecule has 0 saturated heterocycles. The van der Waals surface area contributed by atoms with Crippen molar-refractivity contribution in [2.45, 2.75) is 6.92 Å². The number of hydrogen-bond acceptors (Lipinski definition) is 4. The lowest BCUT2D eigenvalue weighted by Crippen LogP contribution is -1.85. The maximum atomic E-state index is 9.63. The van der Waals surface area contributed by atoms with Gasteiger partial charge in [-0.3, -0.25) is 0 Å². The molecule has 0 unspecified atom stereocenters. The van der Waals surface area contributed by atoms with Gasteiger partial charge in [0.05, 0.1) is 15.9 Å². The standard InChI is InChI=1S/C14H12N2OS/c1-8-2-5-11-13(6-8)18-14(16-11)9-3-4-10(15)12(17)7-9/h2-7,17H,15H2,1H3. The summed E-state index contributed by atoms with van der Waals surface area (Å²) >= 11 is 1.62. The van der Waals surface area contributed by atoms with Crippen LogP contribution in [0.15, 0.2) is 36.4 Å². The fourth-order valence-electron chi connectivity index (χ4n) is 1.83. The van der Waals surface area contributed by atoms with Crippen LogP contribution in [-0.4, -0.2) is 10.1 Å². The van der Waals surface area contributed by atoms with E-state index in [0.29, 0.717) is 5.69 Å². The zero-order valence-corrected chi connectivity index (χ0v) is 10.7. The summed E-state index contributed by atoms with van der Waals surface area (Å²) in [7, 11) is 0. The number of aryl methyl sites for hydroxylation is 1. The lowest BCUT2D eigenvalue weighted by molar-refractivity contribution is 0.478. The number of hydrogen-bond donors (Lipinski definition) is 2. The van der Waals surface area contributed by atoms with Crippen molar-refractivity contribution >= 4 is 27.2 Å². The zero-order valence-electron chi connectivity index (χ0n) is 9.84. The minimum absolute atomic E-state index is 0.0999. The SMILES string of the molecule is Cc1ccc2nc(-c3ccc(N)c(O)c3)sc2c1. The number of phenolic OH excluding ortho intramolecular Hbond substituents is 1. The van der Waals surface area contributed by atoms with Gasteiger partial charge in [0.25, 0.3) is 0 Å². The van der Waals surface area contributed by atoms with Gasteiger partial charge in [0.2, 0.25) is 0 Å². The summed E-state index contributed by atoms with van der Waals surface area (Å²) < 4.78 is 1.15. The highest BCUT2D eigenvalue weighted by Crippen LogP contribution is 2.33. The molecule has 18 heavy (non-hydrogen) atoms. The van der Waals surface area contributed by atoms with Crippen LogP contribution in [0.1, 0.15) is 5.56 Å². The predicted octanol–water partition coefficient (Wildman–Crippen LogP) is 3.56.